The third-order valence-electron chi connectivity index (χ3n) is 4.16. The number of ether oxygens (including phenoxy) is 1. The van der Waals surface area contributed by atoms with Crippen LogP contribution in [0.5, 0.6) is 5.75 Å². The average Bonchev–Trinajstić information content (AvgIpc) is 2.90. The fourth-order valence-corrected chi connectivity index (χ4v) is 2.71. The lowest BCUT2D eigenvalue weighted by Crippen LogP contribution is -2.22. The molecule has 0 aliphatic carbocycles. The molecule has 0 unspecified atom stereocenters. The van der Waals surface area contributed by atoms with Crippen molar-refractivity contribution in [3.8, 4) is 17.0 Å². The second kappa shape index (κ2) is 8.11. The summed E-state index contributed by atoms with van der Waals surface area (Å²) in [6.07, 6.45) is -3.88. The molecule has 28 heavy (non-hydrogen) atoms. The van der Waals surface area contributed by atoms with E-state index in [1.54, 1.807) is 6.92 Å². The number of pyridine rings is 1. The van der Waals surface area contributed by atoms with Gasteiger partial charge in [-0.1, -0.05) is 6.92 Å². The minimum absolute atomic E-state index is 0.0167. The number of carboxylic acids is 1. The van der Waals surface area contributed by atoms with Crippen molar-refractivity contribution < 1.29 is 36.6 Å². The molecule has 2 rings (SSSR count). The summed E-state index contributed by atoms with van der Waals surface area (Å²) in [4.78, 5) is 15.3. The SMILES string of the molecule is CCn1nc(C(=O)O)c(C)c1-c1cnc(C[C@@H](C)C(F)(F)F)cc1OC(F)F. The van der Waals surface area contributed by atoms with Crippen LogP contribution < -0.4 is 4.74 Å². The molecule has 2 heterocycles. The molecule has 0 bridgehead atoms. The molecule has 0 aliphatic rings. The third kappa shape index (κ3) is 4.57. The molecule has 1 atom stereocenters. The first-order valence-corrected chi connectivity index (χ1v) is 8.27. The lowest BCUT2D eigenvalue weighted by atomic mass is 10.0. The van der Waals surface area contributed by atoms with E-state index in [4.69, 9.17) is 0 Å². The van der Waals surface area contributed by atoms with Gasteiger partial charge in [0.05, 0.1) is 17.2 Å². The zero-order valence-corrected chi connectivity index (χ0v) is 15.2. The molecule has 0 fully saturated rings. The fraction of sp³-hybridized carbons (Fsp3) is 0.471. The number of hydrogen-bond donors (Lipinski definition) is 1. The van der Waals surface area contributed by atoms with Crippen molar-refractivity contribution in [3.63, 3.8) is 0 Å². The van der Waals surface area contributed by atoms with E-state index >= 15 is 0 Å². The molecule has 6 nitrogen and oxygen atoms in total. The topological polar surface area (TPSA) is 77.2 Å². The lowest BCUT2D eigenvalue weighted by Gasteiger charge is -2.17. The van der Waals surface area contributed by atoms with Gasteiger partial charge in [0.1, 0.15) is 5.75 Å². The van der Waals surface area contributed by atoms with Gasteiger partial charge in [-0.3, -0.25) is 9.67 Å². The standard InChI is InChI=1S/C17H18F5N3O3/c1-4-25-14(9(3)13(24-25)15(26)27)11-7-23-10(5-8(2)17(20,21)22)6-12(11)28-16(18)19/h6-8,16H,4-5H2,1-3H3,(H,26,27)/t8-/m1/s1. The number of hydrogen-bond acceptors (Lipinski definition) is 4. The van der Waals surface area contributed by atoms with E-state index in [2.05, 4.69) is 14.8 Å². The Morgan fingerprint density at radius 2 is 2.00 bits per heavy atom. The molecule has 0 saturated carbocycles. The van der Waals surface area contributed by atoms with E-state index < -0.39 is 36.8 Å². The summed E-state index contributed by atoms with van der Waals surface area (Å²) in [7, 11) is 0. The van der Waals surface area contributed by atoms with Gasteiger partial charge in [0.15, 0.2) is 5.69 Å². The van der Waals surface area contributed by atoms with Crippen LogP contribution in [0, 0.1) is 12.8 Å². The Morgan fingerprint density at radius 3 is 2.50 bits per heavy atom. The molecule has 154 valence electrons. The van der Waals surface area contributed by atoms with Crippen LogP contribution in [-0.2, 0) is 13.0 Å². The van der Waals surface area contributed by atoms with E-state index in [0.29, 0.717) is 0 Å². The number of aryl methyl sites for hydroxylation is 1. The molecule has 0 spiro atoms. The quantitative estimate of drug-likeness (QED) is 0.692. The van der Waals surface area contributed by atoms with Crippen molar-refractivity contribution in [1.29, 1.82) is 0 Å². The monoisotopic (exact) mass is 407 g/mol. The summed E-state index contributed by atoms with van der Waals surface area (Å²) in [5, 5.41) is 13.2. The summed E-state index contributed by atoms with van der Waals surface area (Å²) in [6, 6.07) is 1.01. The van der Waals surface area contributed by atoms with E-state index in [1.165, 1.54) is 11.6 Å². The number of carboxylic acid groups (broad SMARTS) is 1. The Bertz CT molecular complexity index is 864. The van der Waals surface area contributed by atoms with Crippen LogP contribution >= 0.6 is 0 Å². The zero-order valence-electron chi connectivity index (χ0n) is 15.2. The van der Waals surface area contributed by atoms with Crippen molar-refractivity contribution in [2.45, 2.75) is 46.5 Å². The number of aromatic nitrogens is 3. The van der Waals surface area contributed by atoms with Gasteiger partial charge in [-0.25, -0.2) is 4.79 Å². The minimum Gasteiger partial charge on any atom is -0.476 e. The summed E-state index contributed by atoms with van der Waals surface area (Å²) in [5.41, 5.74) is 0.0609. The van der Waals surface area contributed by atoms with Crippen molar-refractivity contribution in [2.24, 2.45) is 5.92 Å². The molecule has 0 saturated heterocycles. The second-order valence-corrected chi connectivity index (χ2v) is 6.14. The van der Waals surface area contributed by atoms with Crippen LogP contribution in [0.25, 0.3) is 11.3 Å². The molecule has 0 aliphatic heterocycles. The highest BCUT2D eigenvalue weighted by molar-refractivity contribution is 5.90. The van der Waals surface area contributed by atoms with E-state index in [0.717, 1.165) is 19.2 Å². The van der Waals surface area contributed by atoms with Crippen LogP contribution in [0.15, 0.2) is 12.3 Å². The Morgan fingerprint density at radius 1 is 1.36 bits per heavy atom. The Labute approximate surface area is 156 Å². The van der Waals surface area contributed by atoms with E-state index in [-0.39, 0.29) is 34.8 Å². The van der Waals surface area contributed by atoms with Crippen molar-refractivity contribution >= 4 is 5.97 Å². The van der Waals surface area contributed by atoms with Crippen LogP contribution in [-0.4, -0.2) is 38.6 Å². The summed E-state index contributed by atoms with van der Waals surface area (Å²) >= 11 is 0. The molecule has 0 amide bonds. The predicted octanol–water partition coefficient (Wildman–Crippen LogP) is 4.31. The number of alkyl halides is 5. The highest BCUT2D eigenvalue weighted by Gasteiger charge is 2.36. The number of nitrogens with zero attached hydrogens (tertiary/aromatic N) is 3. The zero-order chi connectivity index (χ0) is 21.2. The summed E-state index contributed by atoms with van der Waals surface area (Å²) < 4.78 is 69.8. The molecular formula is C17H18F5N3O3. The van der Waals surface area contributed by atoms with Crippen LogP contribution in [0.4, 0.5) is 22.0 Å². The first-order valence-electron chi connectivity index (χ1n) is 8.27. The van der Waals surface area contributed by atoms with Gasteiger partial charge in [0.2, 0.25) is 0 Å². The van der Waals surface area contributed by atoms with Crippen molar-refractivity contribution in [1.82, 2.24) is 14.8 Å². The fourth-order valence-electron chi connectivity index (χ4n) is 2.71. The first kappa shape index (κ1) is 21.6. The lowest BCUT2D eigenvalue weighted by molar-refractivity contribution is -0.169. The molecule has 2 aromatic rings. The molecule has 1 N–H and O–H groups in total. The maximum absolute atomic E-state index is 12.9. The van der Waals surface area contributed by atoms with Crippen molar-refractivity contribution in [2.75, 3.05) is 0 Å². The van der Waals surface area contributed by atoms with Crippen LogP contribution in [0.1, 0.15) is 35.6 Å². The van der Waals surface area contributed by atoms with Gasteiger partial charge in [-0.05, 0) is 13.8 Å². The number of halogens is 5. The predicted molar refractivity (Wildman–Crippen MR) is 88.4 cm³/mol. The molecule has 2 aromatic heterocycles. The average molecular weight is 407 g/mol. The molecular weight excluding hydrogens is 389 g/mol. The van der Waals surface area contributed by atoms with Gasteiger partial charge >= 0.3 is 18.8 Å². The largest absolute Gasteiger partial charge is 0.476 e. The Balaban J connectivity index is 2.57. The highest BCUT2D eigenvalue weighted by atomic mass is 19.4. The number of carbonyl (C=O) groups is 1. The molecule has 11 heteroatoms. The van der Waals surface area contributed by atoms with Crippen LogP contribution in [0.3, 0.4) is 0 Å². The first-order chi connectivity index (χ1) is 13.0. The smallest absolute Gasteiger partial charge is 0.391 e. The highest BCUT2D eigenvalue weighted by Crippen LogP contribution is 2.36. The third-order valence-corrected chi connectivity index (χ3v) is 4.16. The van der Waals surface area contributed by atoms with Gasteiger partial charge in [0.25, 0.3) is 0 Å². The second-order valence-electron chi connectivity index (χ2n) is 6.14. The number of aromatic carboxylic acids is 1. The van der Waals surface area contributed by atoms with E-state index in [1.807, 2.05) is 0 Å². The molecule has 0 aromatic carbocycles. The summed E-state index contributed by atoms with van der Waals surface area (Å²) in [5.74, 6) is -3.43. The molecule has 0 radical (unpaired) electrons. The van der Waals surface area contributed by atoms with E-state index in [9.17, 15) is 31.9 Å². The summed E-state index contributed by atoms with van der Waals surface area (Å²) in [6.45, 7) is 1.07. The maximum atomic E-state index is 12.9. The van der Waals surface area contributed by atoms with Crippen molar-refractivity contribution in [3.05, 3.63) is 29.2 Å². The van der Waals surface area contributed by atoms with Crippen LogP contribution in [0.2, 0.25) is 0 Å². The Kier molecular flexibility index (Phi) is 6.25. The number of rotatable bonds is 7. The van der Waals surface area contributed by atoms with Gasteiger partial charge in [-0.15, -0.1) is 0 Å². The minimum atomic E-state index is -4.46. The van der Waals surface area contributed by atoms with Gasteiger partial charge < -0.3 is 9.84 Å². The Hall–Kier alpha value is -2.72. The van der Waals surface area contributed by atoms with Gasteiger partial charge in [-0.2, -0.15) is 27.1 Å². The van der Waals surface area contributed by atoms with Gasteiger partial charge in [0, 0.05) is 36.5 Å². The maximum Gasteiger partial charge on any atom is 0.391 e. The normalized spacial score (nSPS) is 13.0.